The minimum absolute atomic E-state index is 0.0669. The Balaban J connectivity index is 2.01. The van der Waals surface area contributed by atoms with E-state index in [1.54, 1.807) is 0 Å². The van der Waals surface area contributed by atoms with Gasteiger partial charge in [0, 0.05) is 18.5 Å². The number of aliphatic imine (C=N–C) groups is 1. The molecular weight excluding hydrogens is 260 g/mol. The minimum Gasteiger partial charge on any atom is -0.481 e. The summed E-state index contributed by atoms with van der Waals surface area (Å²) in [5.74, 6) is -0.836. The molecule has 0 bridgehead atoms. The van der Waals surface area contributed by atoms with Crippen molar-refractivity contribution < 1.29 is 19.4 Å². The lowest BCUT2D eigenvalue weighted by Gasteiger charge is -1.91. The number of rotatable bonds is 6. The Morgan fingerprint density at radius 1 is 1.35 bits per heavy atom. The van der Waals surface area contributed by atoms with Gasteiger partial charge in [0.25, 0.3) is 0 Å². The van der Waals surface area contributed by atoms with Crippen LogP contribution in [0.15, 0.2) is 39.7 Å². The fourth-order valence-corrected chi connectivity index (χ4v) is 1.58. The van der Waals surface area contributed by atoms with Gasteiger partial charge in [-0.3, -0.25) is 9.79 Å². The molecule has 1 aromatic carbocycles. The summed E-state index contributed by atoms with van der Waals surface area (Å²) >= 11 is 0. The Morgan fingerprint density at radius 2 is 2.10 bits per heavy atom. The molecule has 2 rings (SSSR count). The van der Waals surface area contributed by atoms with Crippen molar-refractivity contribution in [2.75, 3.05) is 6.54 Å². The van der Waals surface area contributed by atoms with Gasteiger partial charge >= 0.3 is 11.9 Å². The van der Waals surface area contributed by atoms with Crippen molar-refractivity contribution in [3.63, 3.8) is 0 Å². The number of carbonyl (C=O) groups is 1. The van der Waals surface area contributed by atoms with E-state index in [4.69, 9.17) is 9.52 Å². The highest BCUT2D eigenvalue weighted by Crippen LogP contribution is 2.24. The van der Waals surface area contributed by atoms with Crippen LogP contribution in [0.2, 0.25) is 0 Å². The van der Waals surface area contributed by atoms with E-state index in [1.807, 2.05) is 30.3 Å². The highest BCUT2D eigenvalue weighted by Gasteiger charge is 2.11. The van der Waals surface area contributed by atoms with Gasteiger partial charge in [-0.2, -0.15) is 0 Å². The fraction of sp³-hybridized carbons (Fsp3) is 0.214. The van der Waals surface area contributed by atoms with E-state index in [1.165, 1.54) is 6.21 Å². The van der Waals surface area contributed by atoms with Crippen molar-refractivity contribution in [2.45, 2.75) is 12.8 Å². The lowest BCUT2D eigenvalue weighted by Crippen LogP contribution is -1.95. The second-order valence-corrected chi connectivity index (χ2v) is 4.11. The zero-order valence-electron chi connectivity index (χ0n) is 10.7. The molecule has 2 aromatic rings. The van der Waals surface area contributed by atoms with Gasteiger partial charge in [-0.1, -0.05) is 18.2 Å². The summed E-state index contributed by atoms with van der Waals surface area (Å²) in [6, 6.07) is 9.20. The molecule has 0 aliphatic carbocycles. The second kappa shape index (κ2) is 6.51. The summed E-state index contributed by atoms with van der Waals surface area (Å²) in [6.07, 6.45) is 1.89. The van der Waals surface area contributed by atoms with E-state index in [0.717, 1.165) is 5.56 Å². The Labute approximate surface area is 115 Å². The van der Waals surface area contributed by atoms with Crippen LogP contribution in [-0.2, 0) is 4.79 Å². The number of aromatic hydroxyl groups is 1. The largest absolute Gasteiger partial charge is 0.481 e. The standard InChI is InChI=1S/C14H14N2O4/c17-12(18)7-4-8-15-9-11-14(19)20-13(16-11)10-5-2-1-3-6-10/h1-3,5-6,9,19H,4,7-8H2,(H,17,18). The molecule has 2 N–H and O–H groups in total. The van der Waals surface area contributed by atoms with E-state index in [0.29, 0.717) is 18.9 Å². The van der Waals surface area contributed by atoms with Crippen molar-refractivity contribution >= 4 is 12.2 Å². The maximum absolute atomic E-state index is 10.3. The first kappa shape index (κ1) is 13.8. The summed E-state index contributed by atoms with van der Waals surface area (Å²) in [6.45, 7) is 0.360. The van der Waals surface area contributed by atoms with Crippen molar-refractivity contribution in [3.8, 4) is 17.4 Å². The van der Waals surface area contributed by atoms with Crippen LogP contribution < -0.4 is 0 Å². The van der Waals surface area contributed by atoms with Gasteiger partial charge in [0.05, 0.1) is 6.21 Å². The number of nitrogens with zero attached hydrogens (tertiary/aromatic N) is 2. The third-order valence-electron chi connectivity index (χ3n) is 2.55. The Morgan fingerprint density at radius 3 is 2.80 bits per heavy atom. The van der Waals surface area contributed by atoms with Crippen LogP contribution in [0, 0.1) is 0 Å². The van der Waals surface area contributed by atoms with E-state index in [-0.39, 0.29) is 18.1 Å². The van der Waals surface area contributed by atoms with Crippen LogP contribution in [0.1, 0.15) is 18.5 Å². The van der Waals surface area contributed by atoms with Crippen molar-refractivity contribution in [1.82, 2.24) is 4.98 Å². The predicted octanol–water partition coefficient (Wildman–Crippen LogP) is 2.33. The second-order valence-electron chi connectivity index (χ2n) is 4.11. The molecule has 0 radical (unpaired) electrons. The number of hydrogen-bond acceptors (Lipinski definition) is 5. The first-order valence-corrected chi connectivity index (χ1v) is 6.13. The van der Waals surface area contributed by atoms with E-state index in [2.05, 4.69) is 9.98 Å². The number of benzene rings is 1. The first-order valence-electron chi connectivity index (χ1n) is 6.13. The van der Waals surface area contributed by atoms with Crippen LogP contribution >= 0.6 is 0 Å². The van der Waals surface area contributed by atoms with Crippen molar-refractivity contribution in [2.24, 2.45) is 4.99 Å². The Hall–Kier alpha value is -2.63. The Bertz CT molecular complexity index is 605. The molecule has 0 aliphatic rings. The number of hydrogen-bond donors (Lipinski definition) is 2. The highest BCUT2D eigenvalue weighted by atomic mass is 16.5. The summed E-state index contributed by atoms with van der Waals surface area (Å²) in [4.78, 5) is 18.5. The molecule has 1 heterocycles. The molecule has 0 saturated carbocycles. The Kier molecular flexibility index (Phi) is 4.49. The topological polar surface area (TPSA) is 95.9 Å². The monoisotopic (exact) mass is 274 g/mol. The molecule has 20 heavy (non-hydrogen) atoms. The average Bonchev–Trinajstić information content (AvgIpc) is 2.81. The number of aromatic nitrogens is 1. The molecule has 0 fully saturated rings. The van der Waals surface area contributed by atoms with E-state index >= 15 is 0 Å². The minimum atomic E-state index is -0.851. The lowest BCUT2D eigenvalue weighted by molar-refractivity contribution is -0.137. The molecule has 6 nitrogen and oxygen atoms in total. The van der Waals surface area contributed by atoms with Crippen LogP contribution in [0.3, 0.4) is 0 Å². The number of carboxylic acid groups (broad SMARTS) is 1. The summed E-state index contributed by atoms with van der Waals surface area (Å²) in [5, 5.41) is 18.1. The SMILES string of the molecule is O=C(O)CCCN=Cc1nc(-c2ccccc2)oc1O. The highest BCUT2D eigenvalue weighted by molar-refractivity contribution is 5.80. The summed E-state index contributed by atoms with van der Waals surface area (Å²) in [5.41, 5.74) is 0.993. The molecule has 0 aliphatic heterocycles. The fourth-order valence-electron chi connectivity index (χ4n) is 1.58. The van der Waals surface area contributed by atoms with Crippen LogP contribution in [-0.4, -0.2) is 33.9 Å². The maximum atomic E-state index is 10.3. The van der Waals surface area contributed by atoms with Gasteiger partial charge in [-0.15, -0.1) is 0 Å². The van der Waals surface area contributed by atoms with Gasteiger partial charge in [-0.05, 0) is 18.6 Å². The van der Waals surface area contributed by atoms with Crippen LogP contribution in [0.25, 0.3) is 11.5 Å². The van der Waals surface area contributed by atoms with Gasteiger partial charge < -0.3 is 14.6 Å². The molecule has 0 spiro atoms. The number of oxazole rings is 1. The predicted molar refractivity (Wildman–Crippen MR) is 72.9 cm³/mol. The molecule has 0 saturated heterocycles. The molecule has 0 atom stereocenters. The van der Waals surface area contributed by atoms with Gasteiger partial charge in [-0.25, -0.2) is 4.98 Å². The zero-order chi connectivity index (χ0) is 14.4. The average molecular weight is 274 g/mol. The van der Waals surface area contributed by atoms with Crippen LogP contribution in [0.4, 0.5) is 0 Å². The molecule has 1 aromatic heterocycles. The lowest BCUT2D eigenvalue weighted by atomic mass is 10.2. The molecule has 0 unspecified atom stereocenters. The van der Waals surface area contributed by atoms with E-state index < -0.39 is 5.97 Å². The third-order valence-corrected chi connectivity index (χ3v) is 2.55. The molecule has 0 amide bonds. The normalized spacial score (nSPS) is 11.0. The zero-order valence-corrected chi connectivity index (χ0v) is 10.7. The van der Waals surface area contributed by atoms with Crippen molar-refractivity contribution in [1.29, 1.82) is 0 Å². The van der Waals surface area contributed by atoms with Crippen LogP contribution in [0.5, 0.6) is 5.95 Å². The van der Waals surface area contributed by atoms with Gasteiger partial charge in [0.15, 0.2) is 5.69 Å². The third kappa shape index (κ3) is 3.68. The first-order chi connectivity index (χ1) is 9.66. The van der Waals surface area contributed by atoms with E-state index in [9.17, 15) is 9.90 Å². The number of carboxylic acids is 1. The quantitative estimate of drug-likeness (QED) is 0.622. The molecular formula is C14H14N2O4. The maximum Gasteiger partial charge on any atom is 0.312 e. The summed E-state index contributed by atoms with van der Waals surface area (Å²) < 4.78 is 5.16. The van der Waals surface area contributed by atoms with Gasteiger partial charge in [0.1, 0.15) is 0 Å². The summed E-state index contributed by atoms with van der Waals surface area (Å²) in [7, 11) is 0. The smallest absolute Gasteiger partial charge is 0.312 e. The van der Waals surface area contributed by atoms with Crippen molar-refractivity contribution in [3.05, 3.63) is 36.0 Å². The molecule has 104 valence electrons. The van der Waals surface area contributed by atoms with Gasteiger partial charge in [0.2, 0.25) is 5.89 Å². The number of aliphatic carboxylic acids is 1. The molecule has 6 heteroatoms.